The molecule has 2 aromatic rings. The first-order valence-corrected chi connectivity index (χ1v) is 6.98. The number of aryl methyl sites for hydroxylation is 1. The first-order valence-electron chi connectivity index (χ1n) is 6.98. The third-order valence-electron chi connectivity index (χ3n) is 2.83. The van der Waals surface area contributed by atoms with Crippen molar-refractivity contribution in [1.29, 1.82) is 0 Å². The highest BCUT2D eigenvalue weighted by molar-refractivity contribution is 5.78. The van der Waals surface area contributed by atoms with E-state index in [-0.39, 0.29) is 18.4 Å². The Morgan fingerprint density at radius 3 is 2.67 bits per heavy atom. The average Bonchev–Trinajstić information content (AvgIpc) is 2.98. The van der Waals surface area contributed by atoms with Crippen molar-refractivity contribution in [3.63, 3.8) is 0 Å². The molecule has 2 aromatic heterocycles. The molecule has 0 bridgehead atoms. The topological polar surface area (TPSA) is 94.1 Å². The number of carbonyl (C=O) groups excluding carboxylic acids is 1. The van der Waals surface area contributed by atoms with Crippen LogP contribution in [0.1, 0.15) is 50.0 Å². The molecule has 0 spiro atoms. The highest BCUT2D eigenvalue weighted by Gasteiger charge is 2.18. The van der Waals surface area contributed by atoms with E-state index < -0.39 is 0 Å². The molecule has 0 aromatic carbocycles. The zero-order valence-electron chi connectivity index (χ0n) is 12.7. The second kappa shape index (κ2) is 6.51. The number of hydrogen-bond acceptors (Lipinski definition) is 6. The summed E-state index contributed by atoms with van der Waals surface area (Å²) < 4.78 is 10.2. The van der Waals surface area contributed by atoms with Gasteiger partial charge in [-0.05, 0) is 19.8 Å². The Hall–Kier alpha value is -2.18. The maximum absolute atomic E-state index is 11.9. The van der Waals surface area contributed by atoms with Crippen LogP contribution in [-0.4, -0.2) is 21.2 Å². The Morgan fingerprint density at radius 1 is 1.29 bits per heavy atom. The van der Waals surface area contributed by atoms with E-state index in [1.165, 1.54) is 0 Å². The van der Waals surface area contributed by atoms with Crippen molar-refractivity contribution >= 4 is 5.91 Å². The van der Waals surface area contributed by atoms with E-state index in [2.05, 4.69) is 34.5 Å². The highest BCUT2D eigenvalue weighted by atomic mass is 16.5. The Balaban J connectivity index is 1.89. The van der Waals surface area contributed by atoms with E-state index in [9.17, 15) is 4.79 Å². The third kappa shape index (κ3) is 4.40. The zero-order valence-corrected chi connectivity index (χ0v) is 12.7. The molecule has 1 amide bonds. The van der Waals surface area contributed by atoms with E-state index in [1.807, 2.05) is 6.92 Å². The number of carbonyl (C=O) groups is 1. The van der Waals surface area contributed by atoms with Gasteiger partial charge >= 0.3 is 0 Å². The summed E-state index contributed by atoms with van der Waals surface area (Å²) in [4.78, 5) is 16.2. The summed E-state index contributed by atoms with van der Waals surface area (Å²) in [7, 11) is 0. The van der Waals surface area contributed by atoms with Gasteiger partial charge < -0.3 is 14.4 Å². The standard InChI is InChI=1S/C14H20N4O3/c1-8(2)5-12-16-14(21-18-12)10(4)15-13(19)7-11-6-9(3)17-20-11/h6,8,10H,5,7H2,1-4H3,(H,15,19)/t10-/m1/s1. The second-order valence-corrected chi connectivity index (χ2v) is 5.55. The van der Waals surface area contributed by atoms with Crippen LogP contribution < -0.4 is 5.32 Å². The number of hydrogen-bond donors (Lipinski definition) is 1. The molecule has 2 heterocycles. The smallest absolute Gasteiger partial charge is 0.248 e. The van der Waals surface area contributed by atoms with Crippen LogP contribution in [0, 0.1) is 12.8 Å². The predicted molar refractivity (Wildman–Crippen MR) is 74.3 cm³/mol. The van der Waals surface area contributed by atoms with Crippen molar-refractivity contribution in [2.24, 2.45) is 5.92 Å². The molecule has 0 aliphatic heterocycles. The lowest BCUT2D eigenvalue weighted by atomic mass is 10.1. The van der Waals surface area contributed by atoms with Gasteiger partial charge in [0.25, 0.3) is 0 Å². The number of amides is 1. The molecular weight excluding hydrogens is 272 g/mol. The Morgan fingerprint density at radius 2 is 2.05 bits per heavy atom. The Bertz CT molecular complexity index is 603. The molecule has 7 nitrogen and oxygen atoms in total. The van der Waals surface area contributed by atoms with Crippen LogP contribution >= 0.6 is 0 Å². The molecule has 0 aliphatic carbocycles. The fraction of sp³-hybridized carbons (Fsp3) is 0.571. The van der Waals surface area contributed by atoms with Crippen molar-refractivity contribution in [3.8, 4) is 0 Å². The fourth-order valence-corrected chi connectivity index (χ4v) is 1.90. The molecular formula is C14H20N4O3. The molecule has 1 atom stereocenters. The number of rotatable bonds is 6. The summed E-state index contributed by atoms with van der Waals surface area (Å²) >= 11 is 0. The van der Waals surface area contributed by atoms with Gasteiger partial charge in [0.2, 0.25) is 11.8 Å². The lowest BCUT2D eigenvalue weighted by Crippen LogP contribution is -2.28. The van der Waals surface area contributed by atoms with Crippen molar-refractivity contribution in [1.82, 2.24) is 20.6 Å². The van der Waals surface area contributed by atoms with Gasteiger partial charge in [-0.3, -0.25) is 4.79 Å². The van der Waals surface area contributed by atoms with Crippen LogP contribution in [-0.2, 0) is 17.6 Å². The molecule has 0 unspecified atom stereocenters. The minimum Gasteiger partial charge on any atom is -0.361 e. The van der Waals surface area contributed by atoms with Gasteiger partial charge in [0.05, 0.1) is 12.1 Å². The van der Waals surface area contributed by atoms with Crippen LogP contribution in [0.3, 0.4) is 0 Å². The minimum absolute atomic E-state index is 0.137. The van der Waals surface area contributed by atoms with E-state index in [4.69, 9.17) is 9.05 Å². The van der Waals surface area contributed by atoms with Crippen LogP contribution in [0.2, 0.25) is 0 Å². The molecule has 0 saturated heterocycles. The predicted octanol–water partition coefficient (Wildman–Crippen LogP) is 1.98. The summed E-state index contributed by atoms with van der Waals surface area (Å²) in [5.41, 5.74) is 0.751. The monoisotopic (exact) mass is 292 g/mol. The first kappa shape index (κ1) is 15.2. The normalized spacial score (nSPS) is 12.6. The van der Waals surface area contributed by atoms with E-state index in [0.29, 0.717) is 23.4 Å². The summed E-state index contributed by atoms with van der Waals surface area (Å²) in [6.45, 7) is 7.78. The lowest BCUT2D eigenvalue weighted by Gasteiger charge is -2.08. The zero-order chi connectivity index (χ0) is 15.4. The molecule has 114 valence electrons. The SMILES string of the molecule is Cc1cc(CC(=O)N[C@H](C)c2nc(CC(C)C)no2)on1. The summed E-state index contributed by atoms with van der Waals surface area (Å²) in [5.74, 6) is 1.88. The van der Waals surface area contributed by atoms with Gasteiger partial charge in [-0.25, -0.2) is 0 Å². The van der Waals surface area contributed by atoms with E-state index in [1.54, 1.807) is 13.0 Å². The van der Waals surface area contributed by atoms with Gasteiger partial charge in [0.1, 0.15) is 11.8 Å². The largest absolute Gasteiger partial charge is 0.361 e. The van der Waals surface area contributed by atoms with Crippen LogP contribution in [0.5, 0.6) is 0 Å². The lowest BCUT2D eigenvalue weighted by molar-refractivity contribution is -0.121. The van der Waals surface area contributed by atoms with Gasteiger partial charge in [-0.2, -0.15) is 4.98 Å². The number of nitrogens with one attached hydrogen (secondary N) is 1. The Labute approximate surface area is 123 Å². The van der Waals surface area contributed by atoms with Crippen molar-refractivity contribution in [3.05, 3.63) is 29.2 Å². The quantitative estimate of drug-likeness (QED) is 0.875. The van der Waals surface area contributed by atoms with Crippen molar-refractivity contribution in [2.45, 2.75) is 46.6 Å². The first-order chi connectivity index (χ1) is 9.94. The molecule has 0 fully saturated rings. The summed E-state index contributed by atoms with van der Waals surface area (Å²) in [5, 5.41) is 10.4. The molecule has 0 saturated carbocycles. The van der Waals surface area contributed by atoms with Crippen LogP contribution in [0.25, 0.3) is 0 Å². The fourth-order valence-electron chi connectivity index (χ4n) is 1.90. The molecule has 0 radical (unpaired) electrons. The van der Waals surface area contributed by atoms with Crippen LogP contribution in [0.15, 0.2) is 15.1 Å². The second-order valence-electron chi connectivity index (χ2n) is 5.55. The van der Waals surface area contributed by atoms with Gasteiger partial charge in [0.15, 0.2) is 5.82 Å². The molecule has 2 rings (SSSR count). The third-order valence-corrected chi connectivity index (χ3v) is 2.83. The summed E-state index contributed by atoms with van der Waals surface area (Å²) in [6, 6.07) is 1.40. The van der Waals surface area contributed by atoms with Crippen molar-refractivity contribution < 1.29 is 13.8 Å². The maximum atomic E-state index is 11.9. The highest BCUT2D eigenvalue weighted by Crippen LogP contribution is 2.12. The van der Waals surface area contributed by atoms with Gasteiger partial charge in [0, 0.05) is 12.5 Å². The number of aromatic nitrogens is 3. The van der Waals surface area contributed by atoms with Gasteiger partial charge in [-0.15, -0.1) is 0 Å². The minimum atomic E-state index is -0.338. The molecule has 7 heteroatoms. The Kier molecular flexibility index (Phi) is 4.72. The maximum Gasteiger partial charge on any atom is 0.248 e. The van der Waals surface area contributed by atoms with E-state index >= 15 is 0 Å². The van der Waals surface area contributed by atoms with Crippen LogP contribution in [0.4, 0.5) is 0 Å². The van der Waals surface area contributed by atoms with E-state index in [0.717, 1.165) is 12.1 Å². The number of nitrogens with zero attached hydrogens (tertiary/aromatic N) is 3. The average molecular weight is 292 g/mol. The molecule has 0 aliphatic rings. The van der Waals surface area contributed by atoms with Gasteiger partial charge in [-0.1, -0.05) is 24.2 Å². The van der Waals surface area contributed by atoms with Crippen molar-refractivity contribution in [2.75, 3.05) is 0 Å². The molecule has 1 N–H and O–H groups in total. The summed E-state index contributed by atoms with van der Waals surface area (Å²) in [6.07, 6.45) is 0.889. The molecule has 21 heavy (non-hydrogen) atoms.